The summed E-state index contributed by atoms with van der Waals surface area (Å²) in [5.74, 6) is 0.886. The lowest BCUT2D eigenvalue weighted by atomic mass is 10.1. The molecule has 0 fully saturated rings. The van der Waals surface area contributed by atoms with Gasteiger partial charge in [0.2, 0.25) is 0 Å². The highest BCUT2D eigenvalue weighted by Gasteiger charge is 2.16. The number of benzene rings is 1. The van der Waals surface area contributed by atoms with Gasteiger partial charge in [-0.25, -0.2) is 4.39 Å². The van der Waals surface area contributed by atoms with Crippen LogP contribution in [0.5, 0.6) is 5.75 Å². The average Bonchev–Trinajstić information content (AvgIpc) is 2.55. The third-order valence-electron chi connectivity index (χ3n) is 3.73. The number of methoxy groups -OCH3 is 1. The highest BCUT2D eigenvalue weighted by molar-refractivity contribution is 5.20. The molecule has 0 radical (unpaired) electrons. The molecule has 0 aliphatic carbocycles. The number of hydrogen-bond acceptors (Lipinski definition) is 4. The standard InChI is InChI=1S/C19H25FN2O2/c1-14(2)11-22(12-17-8-9-18(24-3)10-21-17)13-19(23)15-4-6-16(20)7-5-15/h4-10,14,19,23H,11-13H2,1-3H3/t19-/m1/s1. The molecule has 1 aromatic heterocycles. The van der Waals surface area contributed by atoms with Gasteiger partial charge in [0.05, 0.1) is 25.1 Å². The van der Waals surface area contributed by atoms with Crippen LogP contribution in [0.25, 0.3) is 0 Å². The molecule has 5 heteroatoms. The number of nitrogens with zero attached hydrogens (tertiary/aromatic N) is 2. The summed E-state index contributed by atoms with van der Waals surface area (Å²) in [6, 6.07) is 9.80. The van der Waals surface area contributed by atoms with E-state index in [-0.39, 0.29) is 5.82 Å². The summed E-state index contributed by atoms with van der Waals surface area (Å²) in [5, 5.41) is 10.5. The Hall–Kier alpha value is -1.98. The molecule has 0 saturated carbocycles. The average molecular weight is 332 g/mol. The van der Waals surface area contributed by atoms with Crippen molar-refractivity contribution in [2.75, 3.05) is 20.2 Å². The minimum Gasteiger partial charge on any atom is -0.495 e. The molecule has 1 N–H and O–H groups in total. The van der Waals surface area contributed by atoms with Crippen molar-refractivity contribution in [2.24, 2.45) is 5.92 Å². The van der Waals surface area contributed by atoms with Gasteiger partial charge >= 0.3 is 0 Å². The van der Waals surface area contributed by atoms with Crippen LogP contribution in [-0.4, -0.2) is 35.2 Å². The summed E-state index contributed by atoms with van der Waals surface area (Å²) in [5.41, 5.74) is 1.63. The quantitative estimate of drug-likeness (QED) is 0.804. The molecule has 0 bridgehead atoms. The second-order valence-electron chi connectivity index (χ2n) is 6.34. The second kappa shape index (κ2) is 8.76. The zero-order valence-corrected chi connectivity index (χ0v) is 14.4. The molecule has 0 saturated heterocycles. The van der Waals surface area contributed by atoms with E-state index < -0.39 is 6.10 Å². The van der Waals surface area contributed by atoms with Gasteiger partial charge < -0.3 is 9.84 Å². The second-order valence-corrected chi connectivity index (χ2v) is 6.34. The molecule has 4 nitrogen and oxygen atoms in total. The highest BCUT2D eigenvalue weighted by Crippen LogP contribution is 2.18. The number of aliphatic hydroxyl groups is 1. The number of hydrogen-bond donors (Lipinski definition) is 1. The van der Waals surface area contributed by atoms with E-state index in [1.165, 1.54) is 12.1 Å². The highest BCUT2D eigenvalue weighted by atomic mass is 19.1. The summed E-state index contributed by atoms with van der Waals surface area (Å²) in [6.45, 7) is 6.22. The molecule has 0 unspecified atom stereocenters. The number of pyridine rings is 1. The molecular formula is C19H25FN2O2. The van der Waals surface area contributed by atoms with E-state index in [9.17, 15) is 9.50 Å². The normalized spacial score (nSPS) is 12.6. The van der Waals surface area contributed by atoms with Gasteiger partial charge in [-0.15, -0.1) is 0 Å². The van der Waals surface area contributed by atoms with Crippen molar-refractivity contribution in [1.82, 2.24) is 9.88 Å². The van der Waals surface area contributed by atoms with Crippen LogP contribution in [0.1, 0.15) is 31.2 Å². The van der Waals surface area contributed by atoms with Crippen molar-refractivity contribution < 1.29 is 14.2 Å². The van der Waals surface area contributed by atoms with Crippen LogP contribution in [0, 0.1) is 11.7 Å². The van der Waals surface area contributed by atoms with E-state index >= 15 is 0 Å². The Morgan fingerprint density at radius 1 is 1.12 bits per heavy atom. The van der Waals surface area contributed by atoms with Crippen LogP contribution in [-0.2, 0) is 6.54 Å². The first kappa shape index (κ1) is 18.4. The molecule has 0 amide bonds. The van der Waals surface area contributed by atoms with Gasteiger partial charge in [0, 0.05) is 19.6 Å². The Balaban J connectivity index is 2.04. The largest absolute Gasteiger partial charge is 0.495 e. The zero-order chi connectivity index (χ0) is 17.5. The predicted octanol–water partition coefficient (Wildman–Crippen LogP) is 3.42. The van der Waals surface area contributed by atoms with Gasteiger partial charge in [-0.1, -0.05) is 26.0 Å². The van der Waals surface area contributed by atoms with E-state index in [4.69, 9.17) is 4.74 Å². The lowest BCUT2D eigenvalue weighted by Gasteiger charge is -2.26. The predicted molar refractivity (Wildman–Crippen MR) is 92.3 cm³/mol. The number of halogens is 1. The van der Waals surface area contributed by atoms with Crippen molar-refractivity contribution in [3.8, 4) is 5.75 Å². The molecule has 0 spiro atoms. The van der Waals surface area contributed by atoms with E-state index in [1.54, 1.807) is 25.4 Å². The Morgan fingerprint density at radius 2 is 1.83 bits per heavy atom. The molecule has 0 aliphatic heterocycles. The van der Waals surface area contributed by atoms with Gasteiger partial charge in [0.15, 0.2) is 0 Å². The smallest absolute Gasteiger partial charge is 0.137 e. The lowest BCUT2D eigenvalue weighted by molar-refractivity contribution is 0.101. The maximum Gasteiger partial charge on any atom is 0.137 e. The van der Waals surface area contributed by atoms with Crippen LogP contribution >= 0.6 is 0 Å². The zero-order valence-electron chi connectivity index (χ0n) is 14.4. The van der Waals surface area contributed by atoms with Gasteiger partial charge in [0.1, 0.15) is 11.6 Å². The first-order chi connectivity index (χ1) is 11.5. The van der Waals surface area contributed by atoms with Crippen LogP contribution < -0.4 is 4.74 Å². The fourth-order valence-corrected chi connectivity index (χ4v) is 2.61. The topological polar surface area (TPSA) is 45.6 Å². The van der Waals surface area contributed by atoms with Crippen molar-refractivity contribution in [1.29, 1.82) is 0 Å². The minimum atomic E-state index is -0.664. The molecule has 1 aromatic carbocycles. The molecule has 2 rings (SSSR count). The van der Waals surface area contributed by atoms with Crippen molar-refractivity contribution in [3.63, 3.8) is 0 Å². The molecule has 1 heterocycles. The summed E-state index contributed by atoms with van der Waals surface area (Å²) >= 11 is 0. The van der Waals surface area contributed by atoms with Crippen molar-refractivity contribution in [3.05, 3.63) is 59.7 Å². The Labute approximate surface area is 142 Å². The Morgan fingerprint density at radius 3 is 2.38 bits per heavy atom. The fraction of sp³-hybridized carbons (Fsp3) is 0.421. The van der Waals surface area contributed by atoms with Gasteiger partial charge in [-0.05, 0) is 35.7 Å². The van der Waals surface area contributed by atoms with Crippen LogP contribution in [0.3, 0.4) is 0 Å². The first-order valence-corrected chi connectivity index (χ1v) is 8.12. The molecule has 130 valence electrons. The maximum atomic E-state index is 13.0. The molecular weight excluding hydrogens is 307 g/mol. The third-order valence-corrected chi connectivity index (χ3v) is 3.73. The molecule has 1 atom stereocenters. The van der Waals surface area contributed by atoms with E-state index in [1.807, 2.05) is 12.1 Å². The van der Waals surface area contributed by atoms with Gasteiger partial charge in [-0.2, -0.15) is 0 Å². The summed E-state index contributed by atoms with van der Waals surface area (Å²) in [7, 11) is 1.61. The van der Waals surface area contributed by atoms with Gasteiger partial charge in [-0.3, -0.25) is 9.88 Å². The first-order valence-electron chi connectivity index (χ1n) is 8.12. The van der Waals surface area contributed by atoms with Gasteiger partial charge in [0.25, 0.3) is 0 Å². The SMILES string of the molecule is COc1ccc(CN(CC(C)C)C[C@@H](O)c2ccc(F)cc2)nc1. The number of aromatic nitrogens is 1. The van der Waals surface area contributed by atoms with Crippen LogP contribution in [0.2, 0.25) is 0 Å². The Kier molecular flexibility index (Phi) is 6.70. The summed E-state index contributed by atoms with van der Waals surface area (Å²) < 4.78 is 18.1. The Bertz CT molecular complexity index is 614. The minimum absolute atomic E-state index is 0.299. The number of ether oxygens (including phenoxy) is 1. The number of aliphatic hydroxyl groups excluding tert-OH is 1. The molecule has 0 aliphatic rings. The fourth-order valence-electron chi connectivity index (χ4n) is 2.61. The van der Waals surface area contributed by atoms with E-state index in [0.717, 1.165) is 18.0 Å². The maximum absolute atomic E-state index is 13.0. The van der Waals surface area contributed by atoms with E-state index in [0.29, 0.717) is 24.6 Å². The third kappa shape index (κ3) is 5.58. The number of rotatable bonds is 8. The van der Waals surface area contributed by atoms with Crippen LogP contribution in [0.15, 0.2) is 42.6 Å². The summed E-state index contributed by atoms with van der Waals surface area (Å²) in [6.07, 6.45) is 1.03. The molecule has 24 heavy (non-hydrogen) atoms. The lowest BCUT2D eigenvalue weighted by Crippen LogP contribution is -2.32. The monoisotopic (exact) mass is 332 g/mol. The molecule has 2 aromatic rings. The van der Waals surface area contributed by atoms with E-state index in [2.05, 4.69) is 23.7 Å². The van der Waals surface area contributed by atoms with Crippen molar-refractivity contribution >= 4 is 0 Å². The van der Waals surface area contributed by atoms with Crippen LogP contribution in [0.4, 0.5) is 4.39 Å². The summed E-state index contributed by atoms with van der Waals surface area (Å²) in [4.78, 5) is 6.55. The van der Waals surface area contributed by atoms with Crippen molar-refractivity contribution in [2.45, 2.75) is 26.5 Å².